The average molecular weight is 257 g/mol. The Labute approximate surface area is 108 Å². The third-order valence-corrected chi connectivity index (χ3v) is 3.67. The van der Waals surface area contributed by atoms with E-state index in [2.05, 4.69) is 24.4 Å². The molecule has 0 fully saturated rings. The van der Waals surface area contributed by atoms with Gasteiger partial charge in [0.15, 0.2) is 0 Å². The largest absolute Gasteiger partial charge is 0.382 e. The summed E-state index contributed by atoms with van der Waals surface area (Å²) in [6.45, 7) is 6.36. The van der Waals surface area contributed by atoms with Gasteiger partial charge in [0.1, 0.15) is 0 Å². The minimum atomic E-state index is 0.683. The van der Waals surface area contributed by atoms with Gasteiger partial charge in [-0.25, -0.2) is 0 Å². The Morgan fingerprint density at radius 2 is 2.00 bits per heavy atom. The number of hydrogen-bond donors (Lipinski definition) is 1. The van der Waals surface area contributed by atoms with E-state index in [1.165, 1.54) is 9.75 Å². The molecule has 1 heterocycles. The normalized spacial score (nSPS) is 10.9. The molecule has 0 atom stereocenters. The van der Waals surface area contributed by atoms with Crippen molar-refractivity contribution in [2.75, 3.05) is 33.5 Å². The van der Waals surface area contributed by atoms with Crippen molar-refractivity contribution in [3.05, 3.63) is 21.9 Å². The molecule has 0 aliphatic carbocycles. The third kappa shape index (κ3) is 6.78. The van der Waals surface area contributed by atoms with Crippen LogP contribution in [-0.4, -0.2) is 33.5 Å². The van der Waals surface area contributed by atoms with E-state index in [-0.39, 0.29) is 0 Å². The summed E-state index contributed by atoms with van der Waals surface area (Å²) in [4.78, 5) is 2.88. The summed E-state index contributed by atoms with van der Waals surface area (Å²) in [6, 6.07) is 4.43. The van der Waals surface area contributed by atoms with Crippen molar-refractivity contribution in [2.24, 2.45) is 0 Å². The Balaban J connectivity index is 1.93. The second kappa shape index (κ2) is 9.59. The summed E-state index contributed by atoms with van der Waals surface area (Å²) in [7, 11) is 1.69. The molecule has 1 aromatic heterocycles. The molecule has 1 N–H and O–H groups in total. The molecule has 0 aromatic carbocycles. The molecular formula is C13H23NO2S. The predicted molar refractivity (Wildman–Crippen MR) is 72.7 cm³/mol. The SMILES string of the molecule is CCc1ccc(CNCCCOCCOC)s1. The molecule has 3 nitrogen and oxygen atoms in total. The minimum absolute atomic E-state index is 0.683. The second-order valence-electron chi connectivity index (χ2n) is 3.86. The molecule has 98 valence electrons. The summed E-state index contributed by atoms with van der Waals surface area (Å²) in [6.07, 6.45) is 2.19. The van der Waals surface area contributed by atoms with Crippen LogP contribution in [0.4, 0.5) is 0 Å². The standard InChI is InChI=1S/C13H23NO2S/c1-3-12-5-6-13(17-12)11-14-7-4-8-16-10-9-15-2/h5-6,14H,3-4,7-11H2,1-2H3. The molecule has 17 heavy (non-hydrogen) atoms. The summed E-state index contributed by atoms with van der Waals surface area (Å²) < 4.78 is 10.3. The van der Waals surface area contributed by atoms with Gasteiger partial charge in [0.25, 0.3) is 0 Å². The molecule has 4 heteroatoms. The van der Waals surface area contributed by atoms with Crippen LogP contribution in [0.5, 0.6) is 0 Å². The highest BCUT2D eigenvalue weighted by atomic mass is 32.1. The van der Waals surface area contributed by atoms with Gasteiger partial charge in [-0.2, -0.15) is 0 Å². The molecule has 0 amide bonds. The number of thiophene rings is 1. The van der Waals surface area contributed by atoms with Crippen LogP contribution in [0, 0.1) is 0 Å². The van der Waals surface area contributed by atoms with Crippen molar-refractivity contribution >= 4 is 11.3 Å². The first-order valence-corrected chi connectivity index (χ1v) is 7.03. The van der Waals surface area contributed by atoms with Crippen molar-refractivity contribution in [1.82, 2.24) is 5.32 Å². The Bertz CT molecular complexity index is 289. The Morgan fingerprint density at radius 3 is 2.71 bits per heavy atom. The number of aryl methyl sites for hydroxylation is 1. The maximum absolute atomic E-state index is 5.39. The van der Waals surface area contributed by atoms with Crippen LogP contribution in [0.3, 0.4) is 0 Å². The molecule has 0 spiro atoms. The highest BCUT2D eigenvalue weighted by Crippen LogP contribution is 2.16. The smallest absolute Gasteiger partial charge is 0.0700 e. The molecular weight excluding hydrogens is 234 g/mol. The lowest BCUT2D eigenvalue weighted by atomic mass is 10.3. The number of ether oxygens (including phenoxy) is 2. The summed E-state index contributed by atoms with van der Waals surface area (Å²) in [5, 5.41) is 3.43. The summed E-state index contributed by atoms with van der Waals surface area (Å²) in [5.41, 5.74) is 0. The molecule has 0 aliphatic heterocycles. The van der Waals surface area contributed by atoms with Crippen LogP contribution in [0.2, 0.25) is 0 Å². The van der Waals surface area contributed by atoms with Crippen LogP contribution in [0.25, 0.3) is 0 Å². The fourth-order valence-electron chi connectivity index (χ4n) is 1.46. The summed E-state index contributed by atoms with van der Waals surface area (Å²) in [5.74, 6) is 0. The van der Waals surface area contributed by atoms with Gasteiger partial charge in [-0.05, 0) is 31.5 Å². The van der Waals surface area contributed by atoms with E-state index in [1.807, 2.05) is 11.3 Å². The fourth-order valence-corrected chi connectivity index (χ4v) is 2.39. The number of methoxy groups -OCH3 is 1. The molecule has 0 saturated carbocycles. The second-order valence-corrected chi connectivity index (χ2v) is 5.11. The number of rotatable bonds is 10. The predicted octanol–water partition coefficient (Wildman–Crippen LogP) is 2.45. The van der Waals surface area contributed by atoms with Crippen molar-refractivity contribution < 1.29 is 9.47 Å². The lowest BCUT2D eigenvalue weighted by Gasteiger charge is -2.04. The van der Waals surface area contributed by atoms with Gasteiger partial charge in [0.05, 0.1) is 13.2 Å². The van der Waals surface area contributed by atoms with Crippen LogP contribution in [-0.2, 0) is 22.4 Å². The Kier molecular flexibility index (Phi) is 8.26. The quantitative estimate of drug-likeness (QED) is 0.653. The maximum Gasteiger partial charge on any atom is 0.0700 e. The lowest BCUT2D eigenvalue weighted by Crippen LogP contribution is -2.16. The van der Waals surface area contributed by atoms with Crippen LogP contribution >= 0.6 is 11.3 Å². The Morgan fingerprint density at radius 1 is 1.18 bits per heavy atom. The first kappa shape index (κ1) is 14.6. The lowest BCUT2D eigenvalue weighted by molar-refractivity contribution is 0.0695. The first-order chi connectivity index (χ1) is 8.36. The number of nitrogens with one attached hydrogen (secondary N) is 1. The van der Waals surface area contributed by atoms with E-state index in [0.29, 0.717) is 13.2 Å². The van der Waals surface area contributed by atoms with Crippen molar-refractivity contribution in [1.29, 1.82) is 0 Å². The first-order valence-electron chi connectivity index (χ1n) is 6.21. The zero-order valence-electron chi connectivity index (χ0n) is 10.8. The van der Waals surface area contributed by atoms with Gasteiger partial charge >= 0.3 is 0 Å². The molecule has 0 aliphatic rings. The van der Waals surface area contributed by atoms with Gasteiger partial charge < -0.3 is 14.8 Å². The fraction of sp³-hybridized carbons (Fsp3) is 0.692. The highest BCUT2D eigenvalue weighted by molar-refractivity contribution is 7.11. The average Bonchev–Trinajstić information content (AvgIpc) is 2.80. The van der Waals surface area contributed by atoms with E-state index in [4.69, 9.17) is 9.47 Å². The van der Waals surface area contributed by atoms with Gasteiger partial charge in [-0.3, -0.25) is 0 Å². The van der Waals surface area contributed by atoms with Crippen LogP contribution in [0.15, 0.2) is 12.1 Å². The summed E-state index contributed by atoms with van der Waals surface area (Å²) >= 11 is 1.90. The van der Waals surface area contributed by atoms with Crippen molar-refractivity contribution in [3.8, 4) is 0 Å². The third-order valence-electron chi connectivity index (χ3n) is 2.44. The van der Waals surface area contributed by atoms with E-state index < -0.39 is 0 Å². The van der Waals surface area contributed by atoms with Gasteiger partial charge in [0.2, 0.25) is 0 Å². The highest BCUT2D eigenvalue weighted by Gasteiger charge is 1.97. The van der Waals surface area contributed by atoms with Gasteiger partial charge in [-0.1, -0.05) is 6.92 Å². The zero-order chi connectivity index (χ0) is 12.3. The zero-order valence-corrected chi connectivity index (χ0v) is 11.6. The molecule has 1 aromatic rings. The molecule has 0 radical (unpaired) electrons. The molecule has 0 unspecified atom stereocenters. The van der Waals surface area contributed by atoms with E-state index >= 15 is 0 Å². The molecule has 0 bridgehead atoms. The van der Waals surface area contributed by atoms with E-state index in [9.17, 15) is 0 Å². The van der Waals surface area contributed by atoms with Gasteiger partial charge in [0, 0.05) is 30.0 Å². The maximum atomic E-state index is 5.39. The van der Waals surface area contributed by atoms with Gasteiger partial charge in [-0.15, -0.1) is 11.3 Å². The molecule has 0 saturated heterocycles. The Hall–Kier alpha value is -0.420. The van der Waals surface area contributed by atoms with Crippen molar-refractivity contribution in [3.63, 3.8) is 0 Å². The molecule has 1 rings (SSSR count). The van der Waals surface area contributed by atoms with E-state index in [1.54, 1.807) is 7.11 Å². The van der Waals surface area contributed by atoms with E-state index in [0.717, 1.165) is 32.5 Å². The van der Waals surface area contributed by atoms with Crippen LogP contribution in [0.1, 0.15) is 23.1 Å². The topological polar surface area (TPSA) is 30.5 Å². The van der Waals surface area contributed by atoms with Crippen molar-refractivity contribution in [2.45, 2.75) is 26.3 Å². The minimum Gasteiger partial charge on any atom is -0.382 e. The van der Waals surface area contributed by atoms with Crippen LogP contribution < -0.4 is 5.32 Å². The number of hydrogen-bond acceptors (Lipinski definition) is 4. The monoisotopic (exact) mass is 257 g/mol.